The standard InChI is InChI=1S/C20H24N2O2/c1-3-13-22(15-18-7-5-4-6-8-18)16-20(23)21-14-17-9-11-19(24-2)12-10-17/h3-12H,1,13-16H2,2H3,(H,21,23). The van der Waals surface area contributed by atoms with Gasteiger partial charge in [-0.2, -0.15) is 0 Å². The van der Waals surface area contributed by atoms with E-state index in [1.54, 1.807) is 7.11 Å². The van der Waals surface area contributed by atoms with Gasteiger partial charge < -0.3 is 10.1 Å². The number of benzene rings is 2. The van der Waals surface area contributed by atoms with Crippen LogP contribution in [0.15, 0.2) is 67.3 Å². The summed E-state index contributed by atoms with van der Waals surface area (Å²) in [5.41, 5.74) is 2.23. The molecule has 0 saturated heterocycles. The molecule has 0 aromatic heterocycles. The third-order valence-electron chi connectivity index (χ3n) is 3.65. The first-order valence-electron chi connectivity index (χ1n) is 7.98. The van der Waals surface area contributed by atoms with Crippen molar-refractivity contribution < 1.29 is 9.53 Å². The quantitative estimate of drug-likeness (QED) is 0.721. The summed E-state index contributed by atoms with van der Waals surface area (Å²) < 4.78 is 5.13. The molecule has 126 valence electrons. The van der Waals surface area contributed by atoms with Crippen molar-refractivity contribution in [2.45, 2.75) is 13.1 Å². The molecule has 0 fully saturated rings. The number of amides is 1. The summed E-state index contributed by atoms with van der Waals surface area (Å²) in [4.78, 5) is 14.3. The Morgan fingerprint density at radius 3 is 2.46 bits per heavy atom. The summed E-state index contributed by atoms with van der Waals surface area (Å²) >= 11 is 0. The van der Waals surface area contributed by atoms with Gasteiger partial charge in [0.25, 0.3) is 0 Å². The highest BCUT2D eigenvalue weighted by Crippen LogP contribution is 2.11. The van der Waals surface area contributed by atoms with Crippen LogP contribution in [0.5, 0.6) is 5.75 Å². The SMILES string of the molecule is C=CCN(CC(=O)NCc1ccc(OC)cc1)Cc1ccccc1. The molecule has 4 heteroatoms. The molecule has 0 aliphatic heterocycles. The predicted octanol–water partition coefficient (Wildman–Crippen LogP) is 3.00. The van der Waals surface area contributed by atoms with Gasteiger partial charge in [0.1, 0.15) is 5.75 Å². The van der Waals surface area contributed by atoms with Gasteiger partial charge in [0.15, 0.2) is 0 Å². The molecule has 0 unspecified atom stereocenters. The summed E-state index contributed by atoms with van der Waals surface area (Å²) in [6, 6.07) is 17.8. The summed E-state index contributed by atoms with van der Waals surface area (Å²) in [7, 11) is 1.64. The zero-order valence-corrected chi connectivity index (χ0v) is 14.1. The van der Waals surface area contributed by atoms with Crippen LogP contribution in [0.3, 0.4) is 0 Å². The first-order valence-corrected chi connectivity index (χ1v) is 7.98. The van der Waals surface area contributed by atoms with Crippen LogP contribution in [0.1, 0.15) is 11.1 Å². The molecule has 1 N–H and O–H groups in total. The Morgan fingerprint density at radius 1 is 1.12 bits per heavy atom. The molecule has 4 nitrogen and oxygen atoms in total. The molecule has 2 aromatic rings. The predicted molar refractivity (Wildman–Crippen MR) is 96.8 cm³/mol. The number of methoxy groups -OCH3 is 1. The molecule has 0 atom stereocenters. The van der Waals surface area contributed by atoms with E-state index in [2.05, 4.69) is 28.9 Å². The fraction of sp³-hybridized carbons (Fsp3) is 0.250. The van der Waals surface area contributed by atoms with Crippen LogP contribution in [0.2, 0.25) is 0 Å². The Bertz CT molecular complexity index is 638. The number of hydrogen-bond donors (Lipinski definition) is 1. The zero-order valence-electron chi connectivity index (χ0n) is 14.1. The number of rotatable bonds is 9. The van der Waals surface area contributed by atoms with E-state index in [4.69, 9.17) is 4.74 Å². The van der Waals surface area contributed by atoms with Crippen molar-refractivity contribution in [2.75, 3.05) is 20.2 Å². The molecular weight excluding hydrogens is 300 g/mol. The van der Waals surface area contributed by atoms with Gasteiger partial charge in [-0.1, -0.05) is 48.5 Å². The minimum Gasteiger partial charge on any atom is -0.497 e. The lowest BCUT2D eigenvalue weighted by Gasteiger charge is -2.20. The third kappa shape index (κ3) is 5.89. The Labute approximate surface area is 143 Å². The third-order valence-corrected chi connectivity index (χ3v) is 3.65. The van der Waals surface area contributed by atoms with E-state index in [0.717, 1.165) is 17.9 Å². The van der Waals surface area contributed by atoms with Crippen molar-refractivity contribution >= 4 is 5.91 Å². The fourth-order valence-electron chi connectivity index (χ4n) is 2.41. The highest BCUT2D eigenvalue weighted by molar-refractivity contribution is 5.78. The molecule has 0 bridgehead atoms. The second kappa shape index (κ2) is 9.53. The summed E-state index contributed by atoms with van der Waals surface area (Å²) in [5.74, 6) is 0.814. The fourth-order valence-corrected chi connectivity index (χ4v) is 2.41. The lowest BCUT2D eigenvalue weighted by molar-refractivity contribution is -0.122. The molecule has 1 amide bonds. The van der Waals surface area contributed by atoms with Crippen LogP contribution in [0, 0.1) is 0 Å². The number of hydrogen-bond acceptors (Lipinski definition) is 3. The number of carbonyl (C=O) groups is 1. The molecule has 0 saturated carbocycles. The van der Waals surface area contributed by atoms with Gasteiger partial charge in [-0.15, -0.1) is 6.58 Å². The average Bonchev–Trinajstić information content (AvgIpc) is 2.61. The van der Waals surface area contributed by atoms with Gasteiger partial charge in [0, 0.05) is 19.6 Å². The Balaban J connectivity index is 1.84. The van der Waals surface area contributed by atoms with E-state index in [1.165, 1.54) is 5.56 Å². The average molecular weight is 324 g/mol. The topological polar surface area (TPSA) is 41.6 Å². The molecular formula is C20H24N2O2. The first kappa shape index (κ1) is 17.8. The maximum atomic E-state index is 12.2. The van der Waals surface area contributed by atoms with Crippen molar-refractivity contribution in [3.63, 3.8) is 0 Å². The van der Waals surface area contributed by atoms with E-state index >= 15 is 0 Å². The molecule has 0 radical (unpaired) electrons. The van der Waals surface area contributed by atoms with E-state index in [9.17, 15) is 4.79 Å². The van der Waals surface area contributed by atoms with Crippen molar-refractivity contribution in [3.8, 4) is 5.75 Å². The first-order chi connectivity index (χ1) is 11.7. The molecule has 0 heterocycles. The van der Waals surface area contributed by atoms with Crippen LogP contribution < -0.4 is 10.1 Å². The van der Waals surface area contributed by atoms with E-state index in [-0.39, 0.29) is 5.91 Å². The Kier molecular flexibility index (Phi) is 7.05. The second-order valence-electron chi connectivity index (χ2n) is 5.57. The molecule has 0 aliphatic carbocycles. The number of nitrogens with zero attached hydrogens (tertiary/aromatic N) is 1. The smallest absolute Gasteiger partial charge is 0.234 e. The number of carbonyl (C=O) groups excluding carboxylic acids is 1. The second-order valence-corrected chi connectivity index (χ2v) is 5.57. The van der Waals surface area contributed by atoms with Crippen LogP contribution in [0.4, 0.5) is 0 Å². The van der Waals surface area contributed by atoms with Gasteiger partial charge in [-0.3, -0.25) is 9.69 Å². The Morgan fingerprint density at radius 2 is 1.83 bits per heavy atom. The normalized spacial score (nSPS) is 10.4. The Hall–Kier alpha value is -2.59. The van der Waals surface area contributed by atoms with Crippen LogP contribution in [-0.4, -0.2) is 31.0 Å². The largest absolute Gasteiger partial charge is 0.497 e. The molecule has 0 aliphatic rings. The lowest BCUT2D eigenvalue weighted by atomic mass is 10.2. The van der Waals surface area contributed by atoms with Gasteiger partial charge in [-0.05, 0) is 23.3 Å². The molecule has 2 aromatic carbocycles. The highest BCUT2D eigenvalue weighted by atomic mass is 16.5. The van der Waals surface area contributed by atoms with Gasteiger partial charge in [0.2, 0.25) is 5.91 Å². The highest BCUT2D eigenvalue weighted by Gasteiger charge is 2.10. The van der Waals surface area contributed by atoms with Crippen molar-refractivity contribution in [3.05, 3.63) is 78.4 Å². The lowest BCUT2D eigenvalue weighted by Crippen LogP contribution is -2.36. The minimum absolute atomic E-state index is 0.00333. The summed E-state index contributed by atoms with van der Waals surface area (Å²) in [6.45, 7) is 6.02. The minimum atomic E-state index is 0.00333. The number of ether oxygens (including phenoxy) is 1. The summed E-state index contributed by atoms with van der Waals surface area (Å²) in [6.07, 6.45) is 1.82. The zero-order chi connectivity index (χ0) is 17.2. The maximum Gasteiger partial charge on any atom is 0.234 e. The van der Waals surface area contributed by atoms with Crippen molar-refractivity contribution in [1.29, 1.82) is 0 Å². The van der Waals surface area contributed by atoms with E-state index in [1.807, 2.05) is 48.5 Å². The summed E-state index contributed by atoms with van der Waals surface area (Å²) in [5, 5.41) is 2.96. The van der Waals surface area contributed by atoms with Crippen molar-refractivity contribution in [2.24, 2.45) is 0 Å². The molecule has 0 spiro atoms. The van der Waals surface area contributed by atoms with Gasteiger partial charge >= 0.3 is 0 Å². The van der Waals surface area contributed by atoms with Crippen molar-refractivity contribution in [1.82, 2.24) is 10.2 Å². The van der Waals surface area contributed by atoms with Gasteiger partial charge in [0.05, 0.1) is 13.7 Å². The van der Waals surface area contributed by atoms with E-state index in [0.29, 0.717) is 19.6 Å². The molecule has 24 heavy (non-hydrogen) atoms. The molecule has 2 rings (SSSR count). The van der Waals surface area contributed by atoms with E-state index < -0.39 is 0 Å². The van der Waals surface area contributed by atoms with Crippen LogP contribution >= 0.6 is 0 Å². The van der Waals surface area contributed by atoms with Gasteiger partial charge in [-0.25, -0.2) is 0 Å². The number of nitrogens with one attached hydrogen (secondary N) is 1. The monoisotopic (exact) mass is 324 g/mol. The van der Waals surface area contributed by atoms with Crippen LogP contribution in [-0.2, 0) is 17.9 Å². The van der Waals surface area contributed by atoms with Crippen LogP contribution in [0.25, 0.3) is 0 Å². The maximum absolute atomic E-state index is 12.2.